The van der Waals surface area contributed by atoms with Crippen molar-refractivity contribution in [3.8, 4) is 5.75 Å². The van der Waals surface area contributed by atoms with Crippen molar-refractivity contribution in [2.24, 2.45) is 0 Å². The summed E-state index contributed by atoms with van der Waals surface area (Å²) in [7, 11) is 0. The van der Waals surface area contributed by atoms with Crippen molar-refractivity contribution in [2.75, 3.05) is 0 Å². The van der Waals surface area contributed by atoms with Gasteiger partial charge < -0.3 is 5.11 Å². The van der Waals surface area contributed by atoms with Crippen LogP contribution in [0.2, 0.25) is 0 Å². The standard InChI is InChI=1S/C8H5N2O/c11-7-1-2-8-6(3-7)4-9-5-10-8/h1-3,5,11H. The molecule has 11 heavy (non-hydrogen) atoms. The van der Waals surface area contributed by atoms with Crippen LogP contribution in [0.3, 0.4) is 0 Å². The number of fused-ring (bicyclic) bond motifs is 1. The summed E-state index contributed by atoms with van der Waals surface area (Å²) < 4.78 is 0. The van der Waals surface area contributed by atoms with E-state index in [0.717, 1.165) is 10.9 Å². The number of nitrogens with zero attached hydrogens (tertiary/aromatic N) is 2. The fraction of sp³-hybridized carbons (Fsp3) is 0. The molecule has 1 aromatic carbocycles. The summed E-state index contributed by atoms with van der Waals surface area (Å²) in [4.78, 5) is 7.68. The van der Waals surface area contributed by atoms with E-state index in [1.165, 1.54) is 6.33 Å². The number of hydrogen-bond acceptors (Lipinski definition) is 3. The zero-order valence-corrected chi connectivity index (χ0v) is 5.65. The summed E-state index contributed by atoms with van der Waals surface area (Å²) in [5.74, 6) is 0.212. The molecule has 0 amide bonds. The Morgan fingerprint density at radius 1 is 1.36 bits per heavy atom. The van der Waals surface area contributed by atoms with Crippen LogP contribution in [0.25, 0.3) is 10.9 Å². The van der Waals surface area contributed by atoms with Crippen LogP contribution in [-0.2, 0) is 0 Å². The van der Waals surface area contributed by atoms with Crippen LogP contribution in [0.4, 0.5) is 0 Å². The van der Waals surface area contributed by atoms with E-state index in [9.17, 15) is 0 Å². The van der Waals surface area contributed by atoms with Gasteiger partial charge in [-0.1, -0.05) is 0 Å². The summed E-state index contributed by atoms with van der Waals surface area (Å²) in [5, 5.41) is 9.78. The van der Waals surface area contributed by atoms with E-state index in [2.05, 4.69) is 16.2 Å². The molecule has 2 aromatic rings. The van der Waals surface area contributed by atoms with Crippen LogP contribution >= 0.6 is 0 Å². The summed E-state index contributed by atoms with van der Waals surface area (Å²) >= 11 is 0. The van der Waals surface area contributed by atoms with Crippen molar-refractivity contribution in [1.29, 1.82) is 0 Å². The fourth-order valence-electron chi connectivity index (χ4n) is 0.916. The zero-order chi connectivity index (χ0) is 7.68. The Bertz CT molecular complexity index is 387. The van der Waals surface area contributed by atoms with Crippen LogP contribution in [0.1, 0.15) is 0 Å². The maximum Gasteiger partial charge on any atom is 0.116 e. The SMILES string of the molecule is Oc1ccc2ncn[c]c2c1. The van der Waals surface area contributed by atoms with Gasteiger partial charge in [-0.3, -0.25) is 0 Å². The minimum atomic E-state index is 0.212. The lowest BCUT2D eigenvalue weighted by atomic mass is 10.2. The molecule has 1 aromatic heterocycles. The topological polar surface area (TPSA) is 46.0 Å². The highest BCUT2D eigenvalue weighted by Gasteiger charge is 1.94. The Morgan fingerprint density at radius 3 is 3.18 bits per heavy atom. The molecule has 0 bridgehead atoms. The van der Waals surface area contributed by atoms with Gasteiger partial charge in [-0.25, -0.2) is 9.97 Å². The summed E-state index contributed by atoms with van der Waals surface area (Å²) in [5.41, 5.74) is 0.790. The van der Waals surface area contributed by atoms with Gasteiger partial charge in [-0.05, 0) is 18.2 Å². The van der Waals surface area contributed by atoms with Crippen molar-refractivity contribution < 1.29 is 5.11 Å². The van der Waals surface area contributed by atoms with E-state index in [4.69, 9.17) is 5.11 Å². The van der Waals surface area contributed by atoms with Gasteiger partial charge in [-0.15, -0.1) is 0 Å². The fourth-order valence-corrected chi connectivity index (χ4v) is 0.916. The number of phenolic OH excluding ortho intramolecular Hbond substituents is 1. The Hall–Kier alpha value is -1.64. The van der Waals surface area contributed by atoms with Crippen LogP contribution in [-0.4, -0.2) is 15.1 Å². The lowest BCUT2D eigenvalue weighted by molar-refractivity contribution is 0.476. The molecule has 53 valence electrons. The highest BCUT2D eigenvalue weighted by molar-refractivity contribution is 5.78. The van der Waals surface area contributed by atoms with Gasteiger partial charge in [0.15, 0.2) is 0 Å². The molecule has 0 aliphatic heterocycles. The van der Waals surface area contributed by atoms with Gasteiger partial charge in [0, 0.05) is 5.39 Å². The molecule has 0 saturated carbocycles. The predicted molar refractivity (Wildman–Crippen MR) is 40.0 cm³/mol. The largest absolute Gasteiger partial charge is 0.508 e. The van der Waals surface area contributed by atoms with Gasteiger partial charge in [0.05, 0.1) is 5.52 Å². The van der Waals surface area contributed by atoms with Crippen molar-refractivity contribution in [2.45, 2.75) is 0 Å². The van der Waals surface area contributed by atoms with E-state index in [0.29, 0.717) is 0 Å². The summed E-state index contributed by atoms with van der Waals surface area (Å²) in [6, 6.07) is 4.89. The molecule has 0 aliphatic carbocycles. The van der Waals surface area contributed by atoms with E-state index >= 15 is 0 Å². The minimum Gasteiger partial charge on any atom is -0.508 e. The molecule has 0 fully saturated rings. The molecule has 2 rings (SSSR count). The monoisotopic (exact) mass is 145 g/mol. The van der Waals surface area contributed by atoms with Crippen LogP contribution < -0.4 is 0 Å². The van der Waals surface area contributed by atoms with E-state index in [-0.39, 0.29) is 5.75 Å². The normalized spacial score (nSPS) is 10.2. The molecular formula is C8H5N2O. The van der Waals surface area contributed by atoms with Crippen molar-refractivity contribution in [1.82, 2.24) is 9.97 Å². The first-order chi connectivity index (χ1) is 5.36. The van der Waals surface area contributed by atoms with Crippen molar-refractivity contribution in [3.63, 3.8) is 0 Å². The molecule has 0 spiro atoms. The number of aromatic hydroxyl groups is 1. The molecule has 3 heteroatoms. The van der Waals surface area contributed by atoms with Crippen LogP contribution in [0, 0.1) is 6.20 Å². The van der Waals surface area contributed by atoms with E-state index in [1.54, 1.807) is 18.2 Å². The molecule has 1 N–H and O–H groups in total. The number of benzene rings is 1. The highest BCUT2D eigenvalue weighted by atomic mass is 16.3. The molecule has 0 unspecified atom stereocenters. The average Bonchev–Trinajstić information content (AvgIpc) is 2.04. The zero-order valence-electron chi connectivity index (χ0n) is 5.65. The highest BCUT2D eigenvalue weighted by Crippen LogP contribution is 2.15. The Labute approximate surface area is 63.3 Å². The van der Waals surface area contributed by atoms with Gasteiger partial charge in [0.25, 0.3) is 0 Å². The van der Waals surface area contributed by atoms with E-state index < -0.39 is 0 Å². The number of phenols is 1. The maximum atomic E-state index is 9.05. The Kier molecular flexibility index (Phi) is 1.22. The lowest BCUT2D eigenvalue weighted by Gasteiger charge is -1.93. The average molecular weight is 145 g/mol. The van der Waals surface area contributed by atoms with Crippen LogP contribution in [0.15, 0.2) is 24.5 Å². The van der Waals surface area contributed by atoms with Gasteiger partial charge in [0.2, 0.25) is 0 Å². The summed E-state index contributed by atoms with van der Waals surface area (Å²) in [6.45, 7) is 0. The third-order valence-electron chi connectivity index (χ3n) is 1.42. The second kappa shape index (κ2) is 2.20. The molecule has 1 radical (unpaired) electrons. The molecule has 0 aliphatic rings. The lowest BCUT2D eigenvalue weighted by Crippen LogP contribution is -1.79. The van der Waals surface area contributed by atoms with Gasteiger partial charge in [-0.2, -0.15) is 0 Å². The van der Waals surface area contributed by atoms with Crippen molar-refractivity contribution in [3.05, 3.63) is 30.7 Å². The first kappa shape index (κ1) is 6.09. The third-order valence-corrected chi connectivity index (χ3v) is 1.42. The second-order valence-electron chi connectivity index (χ2n) is 2.19. The Balaban J connectivity index is 2.83. The number of rotatable bonds is 0. The smallest absolute Gasteiger partial charge is 0.116 e. The first-order valence-corrected chi connectivity index (χ1v) is 3.18. The Morgan fingerprint density at radius 2 is 2.27 bits per heavy atom. The summed E-state index contributed by atoms with van der Waals surface area (Å²) in [6.07, 6.45) is 4.15. The molecule has 0 saturated heterocycles. The number of aromatic nitrogens is 2. The number of hydrogen-bond donors (Lipinski definition) is 1. The molecule has 3 nitrogen and oxygen atoms in total. The van der Waals surface area contributed by atoms with Gasteiger partial charge >= 0.3 is 0 Å². The first-order valence-electron chi connectivity index (χ1n) is 3.18. The maximum absolute atomic E-state index is 9.05. The molecule has 1 heterocycles. The van der Waals surface area contributed by atoms with Crippen LogP contribution in [0.5, 0.6) is 5.75 Å². The second-order valence-corrected chi connectivity index (χ2v) is 2.19. The van der Waals surface area contributed by atoms with E-state index in [1.807, 2.05) is 0 Å². The van der Waals surface area contributed by atoms with Crippen molar-refractivity contribution >= 4 is 10.9 Å². The third kappa shape index (κ3) is 1.00. The predicted octanol–water partition coefficient (Wildman–Crippen LogP) is 1.14. The van der Waals surface area contributed by atoms with Gasteiger partial charge in [0.1, 0.15) is 18.3 Å². The minimum absolute atomic E-state index is 0.212. The quantitative estimate of drug-likeness (QED) is 0.604. The molecular weight excluding hydrogens is 140 g/mol. The molecule has 0 atom stereocenters.